The fourth-order valence-electron chi connectivity index (χ4n) is 8.47. The standard InChI is InChI=1S/C51H69N9O10S2Si/c1-50(2,3)69-48(61)52-30-41(70-73(8,9)51(4,5)6)31-53-71(63,64)44-25-24-43(58-28-26-39(27-29-58)42-35-68-49(62)54-42)45(47-55-57-60(56-47)34-38-20-22-40(67-7)23-21-38)46(44)72(65,66)59(32-36-16-12-10-13-17-36)33-37-18-14-11-15-19-37/h10-25,39,41-42,53H,26-35H2,1-9H3,(H,52,61)(H,54,62)/t41-,42?/m1/s1. The zero-order valence-electron chi connectivity index (χ0n) is 43.1. The normalized spacial score (nSPS) is 16.5. The van der Waals surface area contributed by atoms with E-state index in [0.29, 0.717) is 48.5 Å². The summed E-state index contributed by atoms with van der Waals surface area (Å²) in [6.07, 6.45) is -0.855. The van der Waals surface area contributed by atoms with E-state index in [0.717, 1.165) is 5.56 Å². The smallest absolute Gasteiger partial charge is 0.407 e. The largest absolute Gasteiger partial charge is 0.497 e. The van der Waals surface area contributed by atoms with Crippen LogP contribution in [0.5, 0.6) is 5.75 Å². The number of aromatic nitrogens is 4. The number of nitrogens with one attached hydrogen (secondary N) is 3. The summed E-state index contributed by atoms with van der Waals surface area (Å²) in [5.74, 6) is 0.611. The number of ether oxygens (including phenoxy) is 3. The number of amides is 2. The van der Waals surface area contributed by atoms with Crippen molar-refractivity contribution in [2.24, 2.45) is 5.92 Å². The molecule has 2 aliphatic heterocycles. The second-order valence-corrected chi connectivity index (χ2v) is 29.3. The predicted molar refractivity (Wildman–Crippen MR) is 279 cm³/mol. The van der Waals surface area contributed by atoms with Crippen LogP contribution in [0.3, 0.4) is 0 Å². The summed E-state index contributed by atoms with van der Waals surface area (Å²) in [5.41, 5.74) is 1.67. The van der Waals surface area contributed by atoms with Crippen molar-refractivity contribution in [2.75, 3.05) is 44.8 Å². The summed E-state index contributed by atoms with van der Waals surface area (Å²) in [6.45, 7) is 15.9. The molecular formula is C51H69N9O10S2Si. The number of sulfonamides is 2. The van der Waals surface area contributed by atoms with Crippen molar-refractivity contribution in [1.29, 1.82) is 0 Å². The molecule has 19 nitrogen and oxygen atoms in total. The van der Waals surface area contributed by atoms with E-state index in [4.69, 9.17) is 23.7 Å². The van der Waals surface area contributed by atoms with Gasteiger partial charge in [0.05, 0.1) is 31.4 Å². The molecule has 3 heterocycles. The van der Waals surface area contributed by atoms with Gasteiger partial charge in [0.15, 0.2) is 8.32 Å². The minimum atomic E-state index is -4.87. The van der Waals surface area contributed by atoms with Crippen molar-refractivity contribution < 1.29 is 45.1 Å². The van der Waals surface area contributed by atoms with Gasteiger partial charge in [0.25, 0.3) is 0 Å². The number of methoxy groups -OCH3 is 1. The Morgan fingerprint density at radius 1 is 0.863 bits per heavy atom. The Kier molecular flexibility index (Phi) is 17.0. The van der Waals surface area contributed by atoms with Crippen LogP contribution in [0.4, 0.5) is 15.3 Å². The van der Waals surface area contributed by atoms with E-state index in [1.165, 1.54) is 15.2 Å². The number of cyclic esters (lactones) is 1. The van der Waals surface area contributed by atoms with E-state index < -0.39 is 62.0 Å². The fraction of sp³-hybridized carbons (Fsp3) is 0.471. The van der Waals surface area contributed by atoms with Gasteiger partial charge >= 0.3 is 12.2 Å². The van der Waals surface area contributed by atoms with Gasteiger partial charge in [0.2, 0.25) is 25.9 Å². The Labute approximate surface area is 430 Å². The maximum absolute atomic E-state index is 16.2. The molecular weight excluding hydrogens is 991 g/mol. The first-order chi connectivity index (χ1) is 34.4. The molecule has 22 heteroatoms. The number of nitrogens with zero attached hydrogens (tertiary/aromatic N) is 6. The fourth-order valence-corrected chi connectivity index (χ4v) is 13.3. The molecule has 0 saturated carbocycles. The van der Waals surface area contributed by atoms with E-state index in [1.807, 2.05) is 112 Å². The molecule has 1 unspecified atom stereocenters. The maximum atomic E-state index is 16.2. The predicted octanol–water partition coefficient (Wildman–Crippen LogP) is 7.31. The first kappa shape index (κ1) is 54.9. The van der Waals surface area contributed by atoms with Crippen LogP contribution in [-0.4, -0.2) is 119 Å². The number of hydrogen-bond donors (Lipinski definition) is 3. The quantitative estimate of drug-likeness (QED) is 0.0651. The summed E-state index contributed by atoms with van der Waals surface area (Å²) in [5, 5.41) is 19.0. The van der Waals surface area contributed by atoms with Gasteiger partial charge in [-0.2, -0.15) is 9.10 Å². The van der Waals surface area contributed by atoms with Crippen LogP contribution in [0, 0.1) is 5.92 Å². The Hall–Kier alpha value is -5.91. The molecule has 5 aromatic rings. The average Bonchev–Trinajstić information content (AvgIpc) is 4.00. The number of benzene rings is 4. The van der Waals surface area contributed by atoms with E-state index in [9.17, 15) is 9.59 Å². The van der Waals surface area contributed by atoms with E-state index in [-0.39, 0.29) is 67.7 Å². The van der Waals surface area contributed by atoms with Crippen LogP contribution >= 0.6 is 0 Å². The van der Waals surface area contributed by atoms with E-state index in [1.54, 1.807) is 46.1 Å². The lowest BCUT2D eigenvalue weighted by Crippen LogP contribution is -2.51. The van der Waals surface area contributed by atoms with Crippen molar-refractivity contribution in [3.05, 3.63) is 114 Å². The van der Waals surface area contributed by atoms with Gasteiger partial charge < -0.3 is 34.2 Å². The maximum Gasteiger partial charge on any atom is 0.407 e. The van der Waals surface area contributed by atoms with Crippen LogP contribution < -0.4 is 25.0 Å². The van der Waals surface area contributed by atoms with E-state index >= 15 is 16.8 Å². The molecule has 0 aliphatic carbocycles. The average molecular weight is 1060 g/mol. The zero-order chi connectivity index (χ0) is 52.8. The third kappa shape index (κ3) is 14.0. The zero-order valence-corrected chi connectivity index (χ0v) is 45.8. The number of rotatable bonds is 20. The van der Waals surface area contributed by atoms with Crippen LogP contribution in [0.1, 0.15) is 71.1 Å². The summed E-state index contributed by atoms with van der Waals surface area (Å²) in [6, 6.07) is 28.2. The number of alkyl carbamates (subject to hydrolysis) is 2. The minimum absolute atomic E-state index is 0.0494. The van der Waals surface area contributed by atoms with Crippen LogP contribution in [0.15, 0.2) is 107 Å². The highest BCUT2D eigenvalue weighted by Gasteiger charge is 2.42. The highest BCUT2D eigenvalue weighted by atomic mass is 32.2. The molecule has 1 aromatic heterocycles. The number of tetrazole rings is 1. The molecule has 2 saturated heterocycles. The van der Waals surface area contributed by atoms with Crippen molar-refractivity contribution >= 4 is 46.2 Å². The highest BCUT2D eigenvalue weighted by Crippen LogP contribution is 2.43. The Bertz CT molecular complexity index is 2870. The first-order valence-corrected chi connectivity index (χ1v) is 30.2. The lowest BCUT2D eigenvalue weighted by molar-refractivity contribution is 0.0498. The number of carbonyl (C=O) groups excluding carboxylic acids is 2. The third-order valence-electron chi connectivity index (χ3n) is 13.3. The van der Waals surface area contributed by atoms with Gasteiger partial charge in [-0.05, 0) is 104 Å². The van der Waals surface area contributed by atoms with Gasteiger partial charge in [-0.3, -0.25) is 0 Å². The number of hydrogen-bond acceptors (Lipinski definition) is 14. The lowest BCUT2D eigenvalue weighted by Gasteiger charge is -2.39. The number of anilines is 1. The van der Waals surface area contributed by atoms with Crippen LogP contribution in [-0.2, 0) is 53.6 Å². The summed E-state index contributed by atoms with van der Waals surface area (Å²) >= 11 is 0. The highest BCUT2D eigenvalue weighted by molar-refractivity contribution is 7.92. The Balaban J connectivity index is 1.39. The third-order valence-corrected chi connectivity index (χ3v) is 21.3. The van der Waals surface area contributed by atoms with Gasteiger partial charge in [-0.1, -0.05) is 93.6 Å². The molecule has 4 aromatic carbocycles. The van der Waals surface area contributed by atoms with Gasteiger partial charge in [-0.15, -0.1) is 10.2 Å². The lowest BCUT2D eigenvalue weighted by atomic mass is 9.89. The molecule has 2 atom stereocenters. The molecule has 2 aliphatic rings. The Morgan fingerprint density at radius 3 is 2.03 bits per heavy atom. The molecule has 0 spiro atoms. The molecule has 7 rings (SSSR count). The van der Waals surface area contributed by atoms with Crippen LogP contribution in [0.25, 0.3) is 11.4 Å². The molecule has 0 radical (unpaired) electrons. The van der Waals surface area contributed by atoms with Crippen molar-refractivity contribution in [3.8, 4) is 17.1 Å². The first-order valence-electron chi connectivity index (χ1n) is 24.4. The summed E-state index contributed by atoms with van der Waals surface area (Å²) in [4.78, 5) is 27.2. The molecule has 2 amide bonds. The molecule has 2 fully saturated rings. The van der Waals surface area contributed by atoms with Crippen molar-refractivity contribution in [3.63, 3.8) is 0 Å². The molecule has 3 N–H and O–H groups in total. The van der Waals surface area contributed by atoms with E-state index in [2.05, 4.69) is 25.7 Å². The molecule has 0 bridgehead atoms. The summed E-state index contributed by atoms with van der Waals surface area (Å²) < 4.78 is 89.8. The monoisotopic (exact) mass is 1060 g/mol. The minimum Gasteiger partial charge on any atom is -0.497 e. The Morgan fingerprint density at radius 2 is 1.48 bits per heavy atom. The topological polar surface area (TPSA) is 226 Å². The van der Waals surface area contributed by atoms with Gasteiger partial charge in [0.1, 0.15) is 27.7 Å². The number of carbonyl (C=O) groups is 2. The SMILES string of the molecule is COc1ccc(Cn2nnc(-c3c(N4CCC(C5COC(=O)N5)CC4)ccc(S(=O)(=O)NC[C@@H](CNC(=O)OC(C)(C)C)O[Si](C)(C)C(C)(C)C)c3S(=O)(=O)N(Cc3ccccc3)Cc3ccccc3)n2)cc1. The number of piperidine rings is 1. The molecule has 73 heavy (non-hydrogen) atoms. The van der Waals surface area contributed by atoms with Crippen molar-refractivity contribution in [2.45, 2.75) is 120 Å². The van der Waals surface area contributed by atoms with Gasteiger partial charge in [-0.25, -0.2) is 31.1 Å². The molecule has 394 valence electrons. The summed E-state index contributed by atoms with van der Waals surface area (Å²) in [7, 11) is -10.7. The second kappa shape index (κ2) is 22.7. The second-order valence-electron chi connectivity index (χ2n) is 20.9. The van der Waals surface area contributed by atoms with Crippen LogP contribution in [0.2, 0.25) is 18.1 Å². The van der Waals surface area contributed by atoms with Crippen molar-refractivity contribution in [1.82, 2.24) is 39.9 Å². The van der Waals surface area contributed by atoms with Gasteiger partial charge in [0, 0.05) is 45.0 Å².